The Bertz CT molecular complexity index is 635. The van der Waals surface area contributed by atoms with Gasteiger partial charge in [0, 0.05) is 13.2 Å². The van der Waals surface area contributed by atoms with Gasteiger partial charge in [-0.15, -0.1) is 0 Å². The van der Waals surface area contributed by atoms with E-state index in [1.165, 1.54) is 6.33 Å². The predicted octanol–water partition coefficient (Wildman–Crippen LogP) is 2.08. The van der Waals surface area contributed by atoms with Gasteiger partial charge in [-0.05, 0) is 0 Å². The number of hydrogen-bond donors (Lipinski definition) is 0. The second-order valence-electron chi connectivity index (χ2n) is 4.13. The number of rotatable bonds is 4. The Kier molecular flexibility index (Phi) is 3.75. The Hall–Kier alpha value is -1.79. The molecule has 6 nitrogen and oxygen atoms in total. The Balaban J connectivity index is 2.11. The number of aromatic nitrogens is 2. The summed E-state index contributed by atoms with van der Waals surface area (Å²) in [6.07, 6.45) is 1.40. The monoisotopic (exact) mass is 296 g/mol. The molecule has 0 fully saturated rings. The average molecular weight is 297 g/mol. The van der Waals surface area contributed by atoms with E-state index in [2.05, 4.69) is 9.97 Å². The van der Waals surface area contributed by atoms with Crippen LogP contribution in [0.25, 0.3) is 10.9 Å². The first kappa shape index (κ1) is 13.2. The van der Waals surface area contributed by atoms with E-state index in [1.54, 1.807) is 13.2 Å². The van der Waals surface area contributed by atoms with Crippen molar-refractivity contribution in [3.8, 4) is 17.2 Å². The summed E-state index contributed by atoms with van der Waals surface area (Å²) in [6.45, 7) is 1.81. The van der Waals surface area contributed by atoms with E-state index in [9.17, 15) is 0 Å². The molecule has 0 aliphatic carbocycles. The molecule has 0 radical (unpaired) electrons. The zero-order valence-electron chi connectivity index (χ0n) is 10.9. The van der Waals surface area contributed by atoms with E-state index in [1.807, 2.05) is 0 Å². The standard InChI is InChI=1S/C13H13ClN2O4/c1-17-2-3-18-9-6-8-10(13(14)16-7-15-8)12-11(9)19-4-5-20-12/h6-7H,2-5H2,1H3. The van der Waals surface area contributed by atoms with Crippen LogP contribution in [0, 0.1) is 0 Å². The molecule has 7 heteroatoms. The van der Waals surface area contributed by atoms with Crippen LogP contribution >= 0.6 is 11.6 Å². The van der Waals surface area contributed by atoms with E-state index in [4.69, 9.17) is 30.5 Å². The predicted molar refractivity (Wildman–Crippen MR) is 72.9 cm³/mol. The molecular weight excluding hydrogens is 284 g/mol. The van der Waals surface area contributed by atoms with Crippen molar-refractivity contribution in [3.05, 3.63) is 17.5 Å². The van der Waals surface area contributed by atoms with E-state index in [0.29, 0.717) is 59.7 Å². The Labute approximate surface area is 120 Å². The van der Waals surface area contributed by atoms with Crippen molar-refractivity contribution in [2.24, 2.45) is 0 Å². The molecule has 20 heavy (non-hydrogen) atoms. The van der Waals surface area contributed by atoms with Crippen molar-refractivity contribution in [1.29, 1.82) is 0 Å². The molecule has 1 aromatic heterocycles. The summed E-state index contributed by atoms with van der Waals surface area (Å²) in [6, 6.07) is 1.77. The second-order valence-corrected chi connectivity index (χ2v) is 4.49. The first-order valence-electron chi connectivity index (χ1n) is 6.16. The highest BCUT2D eigenvalue weighted by Crippen LogP contribution is 2.46. The van der Waals surface area contributed by atoms with Gasteiger partial charge in [-0.25, -0.2) is 9.97 Å². The van der Waals surface area contributed by atoms with Gasteiger partial charge in [-0.3, -0.25) is 0 Å². The molecule has 0 spiro atoms. The van der Waals surface area contributed by atoms with Crippen molar-refractivity contribution in [2.75, 3.05) is 33.5 Å². The third-order valence-corrected chi connectivity index (χ3v) is 3.16. The van der Waals surface area contributed by atoms with Gasteiger partial charge in [-0.2, -0.15) is 0 Å². The van der Waals surface area contributed by atoms with Gasteiger partial charge in [0.15, 0.2) is 11.5 Å². The van der Waals surface area contributed by atoms with Crippen LogP contribution in [0.1, 0.15) is 0 Å². The van der Waals surface area contributed by atoms with Crippen LogP contribution in [-0.4, -0.2) is 43.5 Å². The van der Waals surface area contributed by atoms with Crippen molar-refractivity contribution < 1.29 is 18.9 Å². The minimum Gasteiger partial charge on any atom is -0.487 e. The molecule has 0 amide bonds. The number of methoxy groups -OCH3 is 1. The van der Waals surface area contributed by atoms with Crippen LogP contribution in [0.5, 0.6) is 17.2 Å². The molecule has 2 aromatic rings. The maximum atomic E-state index is 6.13. The molecule has 1 aliphatic rings. The van der Waals surface area contributed by atoms with Crippen molar-refractivity contribution >= 4 is 22.5 Å². The Morgan fingerprint density at radius 2 is 2.00 bits per heavy atom. The summed E-state index contributed by atoms with van der Waals surface area (Å²) < 4.78 is 21.9. The summed E-state index contributed by atoms with van der Waals surface area (Å²) in [5, 5.41) is 0.975. The van der Waals surface area contributed by atoms with E-state index >= 15 is 0 Å². The summed E-state index contributed by atoms with van der Waals surface area (Å²) in [5.74, 6) is 1.64. The molecule has 0 atom stereocenters. The third-order valence-electron chi connectivity index (χ3n) is 2.88. The third kappa shape index (κ3) is 2.32. The fourth-order valence-electron chi connectivity index (χ4n) is 2.02. The van der Waals surface area contributed by atoms with Crippen LogP contribution in [0.3, 0.4) is 0 Å². The van der Waals surface area contributed by atoms with Gasteiger partial charge in [0.1, 0.15) is 31.3 Å². The maximum absolute atomic E-state index is 6.13. The molecule has 1 aliphatic heterocycles. The summed E-state index contributed by atoms with van der Waals surface area (Å²) in [5.41, 5.74) is 0.654. The molecule has 3 rings (SSSR count). The van der Waals surface area contributed by atoms with Crippen LogP contribution in [0.4, 0.5) is 0 Å². The molecule has 0 bridgehead atoms. The quantitative estimate of drug-likeness (QED) is 0.636. The van der Waals surface area contributed by atoms with Crippen LogP contribution in [0.2, 0.25) is 5.15 Å². The largest absolute Gasteiger partial charge is 0.487 e. The van der Waals surface area contributed by atoms with Crippen LogP contribution in [-0.2, 0) is 4.74 Å². The van der Waals surface area contributed by atoms with E-state index in [0.717, 1.165) is 0 Å². The van der Waals surface area contributed by atoms with Crippen LogP contribution in [0.15, 0.2) is 12.4 Å². The summed E-state index contributed by atoms with van der Waals surface area (Å²) >= 11 is 6.13. The lowest BCUT2D eigenvalue weighted by molar-refractivity contribution is 0.134. The topological polar surface area (TPSA) is 62.7 Å². The smallest absolute Gasteiger partial charge is 0.204 e. The summed E-state index contributed by atoms with van der Waals surface area (Å²) in [4.78, 5) is 8.18. The van der Waals surface area contributed by atoms with Crippen LogP contribution < -0.4 is 14.2 Å². The normalized spacial score (nSPS) is 13.5. The zero-order valence-corrected chi connectivity index (χ0v) is 11.6. The SMILES string of the molecule is COCCOc1cc2ncnc(Cl)c2c2c1OCCO2. The lowest BCUT2D eigenvalue weighted by atomic mass is 10.2. The van der Waals surface area contributed by atoms with Crippen molar-refractivity contribution in [3.63, 3.8) is 0 Å². The number of hydrogen-bond acceptors (Lipinski definition) is 6. The zero-order chi connectivity index (χ0) is 13.9. The molecule has 0 N–H and O–H groups in total. The average Bonchev–Trinajstić information content (AvgIpc) is 2.47. The highest BCUT2D eigenvalue weighted by atomic mass is 35.5. The minimum absolute atomic E-state index is 0.334. The molecular formula is C13H13ClN2O4. The fourth-order valence-corrected chi connectivity index (χ4v) is 2.24. The van der Waals surface area contributed by atoms with Gasteiger partial charge >= 0.3 is 0 Å². The molecule has 106 valence electrons. The first-order valence-corrected chi connectivity index (χ1v) is 6.53. The number of fused-ring (bicyclic) bond motifs is 3. The highest BCUT2D eigenvalue weighted by molar-refractivity contribution is 6.34. The maximum Gasteiger partial charge on any atom is 0.204 e. The minimum atomic E-state index is 0.334. The van der Waals surface area contributed by atoms with Gasteiger partial charge in [0.2, 0.25) is 5.75 Å². The number of benzene rings is 1. The number of nitrogens with zero attached hydrogens (tertiary/aromatic N) is 2. The van der Waals surface area contributed by atoms with E-state index < -0.39 is 0 Å². The van der Waals surface area contributed by atoms with E-state index in [-0.39, 0.29) is 0 Å². The Morgan fingerprint density at radius 3 is 2.80 bits per heavy atom. The molecule has 0 saturated carbocycles. The molecule has 2 heterocycles. The highest BCUT2D eigenvalue weighted by Gasteiger charge is 2.23. The van der Waals surface area contributed by atoms with Gasteiger partial charge in [0.05, 0.1) is 17.5 Å². The van der Waals surface area contributed by atoms with Gasteiger partial charge in [-0.1, -0.05) is 11.6 Å². The number of halogens is 1. The van der Waals surface area contributed by atoms with Gasteiger partial charge in [0.25, 0.3) is 0 Å². The second kappa shape index (κ2) is 5.68. The Morgan fingerprint density at radius 1 is 1.20 bits per heavy atom. The van der Waals surface area contributed by atoms with Crippen molar-refractivity contribution in [1.82, 2.24) is 9.97 Å². The first-order chi connectivity index (χ1) is 9.81. The molecule has 1 aromatic carbocycles. The van der Waals surface area contributed by atoms with Gasteiger partial charge < -0.3 is 18.9 Å². The fraction of sp³-hybridized carbons (Fsp3) is 0.385. The molecule has 0 saturated heterocycles. The lowest BCUT2D eigenvalue weighted by Gasteiger charge is -2.22. The summed E-state index contributed by atoms with van der Waals surface area (Å²) in [7, 11) is 1.62. The van der Waals surface area contributed by atoms with Crippen molar-refractivity contribution in [2.45, 2.75) is 0 Å². The molecule has 0 unspecified atom stereocenters. The number of ether oxygens (including phenoxy) is 4. The lowest BCUT2D eigenvalue weighted by Crippen LogP contribution is -2.17.